The van der Waals surface area contributed by atoms with Gasteiger partial charge in [0.2, 0.25) is 5.95 Å². The highest BCUT2D eigenvalue weighted by molar-refractivity contribution is 5.77. The molecule has 1 aliphatic heterocycles. The van der Waals surface area contributed by atoms with Crippen LogP contribution in [0.1, 0.15) is 12.6 Å². The van der Waals surface area contributed by atoms with E-state index in [2.05, 4.69) is 15.0 Å². The van der Waals surface area contributed by atoms with Crippen LogP contribution in [-0.4, -0.2) is 48.5 Å². The van der Waals surface area contributed by atoms with Gasteiger partial charge in [-0.1, -0.05) is 0 Å². The number of hydrogen-bond donors (Lipinski definition) is 3. The summed E-state index contributed by atoms with van der Waals surface area (Å²) in [6, 6.07) is 0. The Labute approximate surface area is 107 Å². The third-order valence-electron chi connectivity index (χ3n) is 3.10. The lowest BCUT2D eigenvalue weighted by Gasteiger charge is -2.13. The molecule has 0 saturated carbocycles. The van der Waals surface area contributed by atoms with Crippen molar-refractivity contribution in [2.75, 3.05) is 12.3 Å². The largest absolute Gasteiger partial charge is 0.394 e. The van der Waals surface area contributed by atoms with Gasteiger partial charge in [-0.25, -0.2) is 4.98 Å². The summed E-state index contributed by atoms with van der Waals surface area (Å²) < 4.78 is 6.98. The fourth-order valence-electron chi connectivity index (χ4n) is 2.17. The Hall–Kier alpha value is -1.97. The quantitative estimate of drug-likeness (QED) is 0.646. The van der Waals surface area contributed by atoms with E-state index in [1.807, 2.05) is 0 Å². The highest BCUT2D eigenvalue weighted by Crippen LogP contribution is 2.32. The van der Waals surface area contributed by atoms with E-state index < -0.39 is 24.3 Å². The molecular weight excluding hydrogens is 254 g/mol. The summed E-state index contributed by atoms with van der Waals surface area (Å²) in [4.78, 5) is 11.4. The molecule has 3 rings (SSSR count). The summed E-state index contributed by atoms with van der Waals surface area (Å²) in [5, 5.41) is 30.3. The Bertz CT molecular complexity index is 615. The van der Waals surface area contributed by atoms with E-state index in [0.29, 0.717) is 0 Å². The van der Waals surface area contributed by atoms with E-state index in [4.69, 9.17) is 15.6 Å². The van der Waals surface area contributed by atoms with Crippen molar-refractivity contribution in [2.24, 2.45) is 0 Å². The van der Waals surface area contributed by atoms with Crippen LogP contribution in [0.15, 0.2) is 6.33 Å². The number of nitrogens with two attached hydrogens (primary N) is 1. The number of anilines is 1. The Kier molecular flexibility index (Phi) is 2.73. The van der Waals surface area contributed by atoms with Crippen molar-refractivity contribution >= 4 is 17.1 Å². The molecule has 0 amide bonds. The maximum atomic E-state index is 11.6. The standard InChI is InChI=1S/C10H12N5O4/c11-10-13-8-7(9(18)14-10)12-3-15(8)6-1-4(17)5(2-16)19-6/h3-6,16-17H,1-2H2,(H2,11,13,14)/t4-,5+,6+/m0/s1. The first-order valence-corrected chi connectivity index (χ1v) is 5.71. The van der Waals surface area contributed by atoms with Gasteiger partial charge in [-0.05, 0) is 0 Å². The van der Waals surface area contributed by atoms with E-state index in [1.54, 1.807) is 0 Å². The minimum absolute atomic E-state index is 0.0970. The van der Waals surface area contributed by atoms with Crippen LogP contribution >= 0.6 is 0 Å². The smallest absolute Gasteiger partial charge is 0.302 e. The molecule has 0 unspecified atom stereocenters. The van der Waals surface area contributed by atoms with Gasteiger partial charge in [0, 0.05) is 6.42 Å². The van der Waals surface area contributed by atoms with Crippen LogP contribution in [0.3, 0.4) is 0 Å². The second kappa shape index (κ2) is 4.30. The summed E-state index contributed by atoms with van der Waals surface area (Å²) in [7, 11) is 0. The lowest BCUT2D eigenvalue weighted by molar-refractivity contribution is -0.0432. The van der Waals surface area contributed by atoms with Crippen molar-refractivity contribution in [3.05, 3.63) is 6.33 Å². The molecule has 1 radical (unpaired) electrons. The maximum absolute atomic E-state index is 11.6. The maximum Gasteiger partial charge on any atom is 0.302 e. The first kappa shape index (κ1) is 12.1. The highest BCUT2D eigenvalue weighted by atomic mass is 16.5. The van der Waals surface area contributed by atoms with Crippen molar-refractivity contribution in [1.29, 1.82) is 0 Å². The Morgan fingerprint density at radius 1 is 1.53 bits per heavy atom. The SMILES string of the molecule is Nc1nc([O])c2ncn([C@H]3C[C@H](O)[C@@H](CO)O3)c2n1. The minimum atomic E-state index is -0.779. The molecule has 3 atom stereocenters. The monoisotopic (exact) mass is 266 g/mol. The van der Waals surface area contributed by atoms with Crippen molar-refractivity contribution in [3.63, 3.8) is 0 Å². The van der Waals surface area contributed by atoms with Crippen LogP contribution in [0, 0.1) is 0 Å². The van der Waals surface area contributed by atoms with Crippen molar-refractivity contribution in [2.45, 2.75) is 24.9 Å². The molecule has 0 aromatic carbocycles. The number of fused-ring (bicyclic) bond motifs is 1. The van der Waals surface area contributed by atoms with Crippen molar-refractivity contribution < 1.29 is 20.1 Å². The van der Waals surface area contributed by atoms with Crippen LogP contribution in [0.2, 0.25) is 0 Å². The van der Waals surface area contributed by atoms with Gasteiger partial charge in [0.25, 0.3) is 0 Å². The van der Waals surface area contributed by atoms with Gasteiger partial charge in [0.15, 0.2) is 11.2 Å². The van der Waals surface area contributed by atoms with E-state index in [9.17, 15) is 10.2 Å². The number of nitrogens with zero attached hydrogens (tertiary/aromatic N) is 4. The van der Waals surface area contributed by atoms with Gasteiger partial charge in [-0.2, -0.15) is 9.97 Å². The van der Waals surface area contributed by atoms with Crippen LogP contribution in [0.4, 0.5) is 5.95 Å². The molecule has 2 aromatic rings. The zero-order chi connectivity index (χ0) is 13.6. The number of aliphatic hydroxyl groups excluding tert-OH is 2. The first-order valence-electron chi connectivity index (χ1n) is 5.71. The molecule has 0 spiro atoms. The summed E-state index contributed by atoms with van der Waals surface area (Å²) in [5.74, 6) is -0.699. The molecule has 19 heavy (non-hydrogen) atoms. The lowest BCUT2D eigenvalue weighted by Crippen LogP contribution is -2.24. The summed E-state index contributed by atoms with van der Waals surface area (Å²) >= 11 is 0. The second-order valence-electron chi connectivity index (χ2n) is 4.33. The first-order chi connectivity index (χ1) is 9.10. The van der Waals surface area contributed by atoms with Gasteiger partial charge >= 0.3 is 5.88 Å². The predicted molar refractivity (Wildman–Crippen MR) is 61.5 cm³/mol. The Balaban J connectivity index is 2.02. The van der Waals surface area contributed by atoms with Gasteiger partial charge in [-0.3, -0.25) is 9.67 Å². The molecule has 1 saturated heterocycles. The van der Waals surface area contributed by atoms with Crippen LogP contribution in [0.5, 0.6) is 5.88 Å². The Morgan fingerprint density at radius 2 is 2.32 bits per heavy atom. The number of aliphatic hydroxyl groups is 2. The molecule has 0 aliphatic carbocycles. The number of ether oxygens (including phenoxy) is 1. The summed E-state index contributed by atoms with van der Waals surface area (Å²) in [5.41, 5.74) is 5.79. The zero-order valence-electron chi connectivity index (χ0n) is 9.80. The normalized spacial score (nSPS) is 27.2. The summed E-state index contributed by atoms with van der Waals surface area (Å²) in [6.45, 7) is -0.284. The topological polar surface area (TPSA) is 139 Å². The van der Waals surface area contributed by atoms with E-state index in [1.165, 1.54) is 10.9 Å². The van der Waals surface area contributed by atoms with Gasteiger partial charge < -0.3 is 20.7 Å². The van der Waals surface area contributed by atoms with Gasteiger partial charge in [0.1, 0.15) is 12.3 Å². The van der Waals surface area contributed by atoms with Crippen LogP contribution in [-0.2, 0) is 9.84 Å². The molecule has 9 heteroatoms. The fraction of sp³-hybridized carbons (Fsp3) is 0.500. The van der Waals surface area contributed by atoms with E-state index >= 15 is 0 Å². The predicted octanol–water partition coefficient (Wildman–Crippen LogP) is -0.807. The van der Waals surface area contributed by atoms with E-state index in [-0.39, 0.29) is 30.1 Å². The molecule has 4 N–H and O–H groups in total. The number of rotatable bonds is 2. The molecule has 101 valence electrons. The molecule has 3 heterocycles. The zero-order valence-corrected chi connectivity index (χ0v) is 9.80. The summed E-state index contributed by atoms with van der Waals surface area (Å²) in [6.07, 6.45) is -0.330. The molecule has 2 aromatic heterocycles. The second-order valence-corrected chi connectivity index (χ2v) is 4.33. The molecule has 9 nitrogen and oxygen atoms in total. The number of hydrogen-bond acceptors (Lipinski definition) is 7. The van der Waals surface area contributed by atoms with Crippen LogP contribution < -0.4 is 5.73 Å². The number of aromatic nitrogens is 4. The minimum Gasteiger partial charge on any atom is -0.394 e. The Morgan fingerprint density at radius 3 is 3.00 bits per heavy atom. The molecule has 0 bridgehead atoms. The fourth-order valence-corrected chi connectivity index (χ4v) is 2.17. The highest BCUT2D eigenvalue weighted by Gasteiger charge is 2.35. The van der Waals surface area contributed by atoms with Crippen molar-refractivity contribution in [3.8, 4) is 5.88 Å². The molecular formula is C10H12N5O4. The van der Waals surface area contributed by atoms with Crippen LogP contribution in [0.25, 0.3) is 11.2 Å². The number of imidazole rings is 1. The third-order valence-corrected chi connectivity index (χ3v) is 3.10. The number of nitrogen functional groups attached to an aromatic ring is 1. The lowest BCUT2D eigenvalue weighted by atomic mass is 10.2. The van der Waals surface area contributed by atoms with Gasteiger partial charge in [0.05, 0.1) is 19.0 Å². The third kappa shape index (κ3) is 1.87. The molecule has 1 fully saturated rings. The van der Waals surface area contributed by atoms with E-state index in [0.717, 1.165) is 0 Å². The average molecular weight is 266 g/mol. The van der Waals surface area contributed by atoms with Gasteiger partial charge in [-0.15, -0.1) is 0 Å². The molecule has 1 aliphatic rings. The average Bonchev–Trinajstić information content (AvgIpc) is 2.92. The van der Waals surface area contributed by atoms with Crippen molar-refractivity contribution in [1.82, 2.24) is 19.5 Å².